The molecule has 0 aliphatic carbocycles. The molecule has 0 saturated carbocycles. The molecule has 0 atom stereocenters. The highest BCUT2D eigenvalue weighted by atomic mass is 35.5. The molecule has 2 aromatic rings. The fraction of sp³-hybridized carbons (Fsp3) is 0.316. The SMILES string of the molecule is CCN(CC)Cc1ccccc1COC(=O)c1cccc(Cl)c1. The van der Waals surface area contributed by atoms with Crippen LogP contribution in [0.2, 0.25) is 5.02 Å². The van der Waals surface area contributed by atoms with Gasteiger partial charge in [0.1, 0.15) is 6.61 Å². The first kappa shape index (κ1) is 17.5. The van der Waals surface area contributed by atoms with Gasteiger partial charge in [0.25, 0.3) is 0 Å². The molecule has 0 fully saturated rings. The average Bonchev–Trinajstić information content (AvgIpc) is 2.58. The van der Waals surface area contributed by atoms with E-state index >= 15 is 0 Å². The van der Waals surface area contributed by atoms with Gasteiger partial charge >= 0.3 is 5.97 Å². The fourth-order valence-corrected chi connectivity index (χ4v) is 2.57. The predicted molar refractivity (Wildman–Crippen MR) is 93.6 cm³/mol. The highest BCUT2D eigenvalue weighted by Crippen LogP contribution is 2.16. The molecule has 0 unspecified atom stereocenters. The summed E-state index contributed by atoms with van der Waals surface area (Å²) in [6, 6.07) is 14.9. The Labute approximate surface area is 142 Å². The van der Waals surface area contributed by atoms with Crippen LogP contribution in [0.1, 0.15) is 35.3 Å². The Morgan fingerprint density at radius 3 is 2.39 bits per heavy atom. The normalized spacial score (nSPS) is 10.8. The van der Waals surface area contributed by atoms with Gasteiger partial charge in [-0.2, -0.15) is 0 Å². The summed E-state index contributed by atoms with van der Waals surface area (Å²) in [4.78, 5) is 14.5. The minimum absolute atomic E-state index is 0.267. The largest absolute Gasteiger partial charge is 0.457 e. The van der Waals surface area contributed by atoms with Crippen molar-refractivity contribution in [3.8, 4) is 0 Å². The van der Waals surface area contributed by atoms with Crippen LogP contribution in [0.5, 0.6) is 0 Å². The molecule has 0 spiro atoms. The van der Waals surface area contributed by atoms with Crippen LogP contribution in [0.4, 0.5) is 0 Å². The van der Waals surface area contributed by atoms with E-state index in [1.165, 1.54) is 5.56 Å². The molecule has 0 bridgehead atoms. The number of ether oxygens (including phenoxy) is 1. The Balaban J connectivity index is 2.04. The third-order valence-electron chi connectivity index (χ3n) is 3.83. The Bertz CT molecular complexity index is 653. The number of carbonyl (C=O) groups is 1. The second-order valence-corrected chi connectivity index (χ2v) is 5.75. The molecule has 0 saturated heterocycles. The van der Waals surface area contributed by atoms with Gasteiger partial charge < -0.3 is 4.74 Å². The number of halogens is 1. The molecule has 2 rings (SSSR count). The Morgan fingerprint density at radius 2 is 1.74 bits per heavy atom. The second kappa shape index (κ2) is 8.70. The first-order valence-corrected chi connectivity index (χ1v) is 8.23. The lowest BCUT2D eigenvalue weighted by molar-refractivity contribution is 0.0471. The van der Waals surface area contributed by atoms with Gasteiger partial charge in [-0.1, -0.05) is 55.8 Å². The molecule has 0 radical (unpaired) electrons. The number of carbonyl (C=O) groups excluding carboxylic acids is 1. The van der Waals surface area contributed by atoms with Crippen molar-refractivity contribution in [3.05, 3.63) is 70.2 Å². The van der Waals surface area contributed by atoms with Crippen LogP contribution in [0, 0.1) is 0 Å². The van der Waals surface area contributed by atoms with Gasteiger partial charge in [-0.15, -0.1) is 0 Å². The summed E-state index contributed by atoms with van der Waals surface area (Å²) in [7, 11) is 0. The van der Waals surface area contributed by atoms with Crippen molar-refractivity contribution in [2.75, 3.05) is 13.1 Å². The van der Waals surface area contributed by atoms with E-state index in [4.69, 9.17) is 16.3 Å². The van der Waals surface area contributed by atoms with E-state index in [9.17, 15) is 4.79 Å². The van der Waals surface area contributed by atoms with E-state index < -0.39 is 0 Å². The van der Waals surface area contributed by atoms with E-state index in [0.717, 1.165) is 25.2 Å². The molecule has 0 aromatic heterocycles. The van der Waals surface area contributed by atoms with Crippen LogP contribution in [-0.4, -0.2) is 24.0 Å². The molecule has 0 heterocycles. The third-order valence-corrected chi connectivity index (χ3v) is 4.06. The van der Waals surface area contributed by atoms with Crippen molar-refractivity contribution in [1.29, 1.82) is 0 Å². The topological polar surface area (TPSA) is 29.5 Å². The quantitative estimate of drug-likeness (QED) is 0.698. The van der Waals surface area contributed by atoms with E-state index in [2.05, 4.69) is 24.8 Å². The van der Waals surface area contributed by atoms with Gasteiger partial charge in [0.15, 0.2) is 0 Å². The highest BCUT2D eigenvalue weighted by Gasteiger charge is 2.11. The molecule has 4 heteroatoms. The van der Waals surface area contributed by atoms with Crippen molar-refractivity contribution < 1.29 is 9.53 Å². The summed E-state index contributed by atoms with van der Waals surface area (Å²) in [6.45, 7) is 7.40. The smallest absolute Gasteiger partial charge is 0.338 e. The molecule has 0 aliphatic heterocycles. The lowest BCUT2D eigenvalue weighted by Gasteiger charge is -2.20. The van der Waals surface area contributed by atoms with Gasteiger partial charge in [0.05, 0.1) is 5.56 Å². The minimum atomic E-state index is -0.356. The third kappa shape index (κ3) is 5.08. The molecule has 2 aromatic carbocycles. The van der Waals surface area contributed by atoms with Gasteiger partial charge in [0, 0.05) is 11.6 Å². The van der Waals surface area contributed by atoms with Crippen LogP contribution >= 0.6 is 11.6 Å². The summed E-state index contributed by atoms with van der Waals surface area (Å²) in [5.41, 5.74) is 2.70. The number of benzene rings is 2. The number of esters is 1. The summed E-state index contributed by atoms with van der Waals surface area (Å²) in [5.74, 6) is -0.356. The number of hydrogen-bond acceptors (Lipinski definition) is 3. The van der Waals surface area contributed by atoms with Crippen LogP contribution in [0.25, 0.3) is 0 Å². The molecule has 0 aliphatic rings. The van der Waals surface area contributed by atoms with Crippen molar-refractivity contribution in [2.24, 2.45) is 0 Å². The van der Waals surface area contributed by atoms with Crippen molar-refractivity contribution in [2.45, 2.75) is 27.0 Å². The lowest BCUT2D eigenvalue weighted by Crippen LogP contribution is -2.23. The maximum Gasteiger partial charge on any atom is 0.338 e. The maximum atomic E-state index is 12.1. The predicted octanol–water partition coefficient (Wildman–Crippen LogP) is 4.54. The number of rotatable bonds is 7. The van der Waals surface area contributed by atoms with Crippen LogP contribution in [0.3, 0.4) is 0 Å². The molecule has 0 amide bonds. The second-order valence-electron chi connectivity index (χ2n) is 5.32. The van der Waals surface area contributed by atoms with Crippen molar-refractivity contribution in [1.82, 2.24) is 4.90 Å². The Kier molecular flexibility index (Phi) is 6.63. The summed E-state index contributed by atoms with van der Waals surface area (Å²) >= 11 is 5.91. The monoisotopic (exact) mass is 331 g/mol. The summed E-state index contributed by atoms with van der Waals surface area (Å²) in [6.07, 6.45) is 0. The first-order valence-electron chi connectivity index (χ1n) is 7.85. The van der Waals surface area contributed by atoms with Crippen molar-refractivity contribution >= 4 is 17.6 Å². The molecular weight excluding hydrogens is 310 g/mol. The molecular formula is C19H22ClNO2. The number of hydrogen-bond donors (Lipinski definition) is 0. The van der Waals surface area contributed by atoms with E-state index in [0.29, 0.717) is 10.6 Å². The van der Waals surface area contributed by atoms with Gasteiger partial charge in [0.2, 0.25) is 0 Å². The highest BCUT2D eigenvalue weighted by molar-refractivity contribution is 6.30. The maximum absolute atomic E-state index is 12.1. The van der Waals surface area contributed by atoms with Crippen LogP contribution < -0.4 is 0 Å². The zero-order valence-corrected chi connectivity index (χ0v) is 14.3. The van der Waals surface area contributed by atoms with E-state index in [-0.39, 0.29) is 12.6 Å². The first-order chi connectivity index (χ1) is 11.1. The van der Waals surface area contributed by atoms with E-state index in [1.807, 2.05) is 18.2 Å². The average molecular weight is 332 g/mol. The van der Waals surface area contributed by atoms with Crippen molar-refractivity contribution in [3.63, 3.8) is 0 Å². The zero-order valence-electron chi connectivity index (χ0n) is 13.6. The van der Waals surface area contributed by atoms with Crippen LogP contribution in [-0.2, 0) is 17.9 Å². The molecule has 23 heavy (non-hydrogen) atoms. The lowest BCUT2D eigenvalue weighted by atomic mass is 10.1. The Hall–Kier alpha value is -1.84. The summed E-state index contributed by atoms with van der Waals surface area (Å²) in [5, 5.41) is 0.529. The molecule has 3 nitrogen and oxygen atoms in total. The standard InChI is InChI=1S/C19H22ClNO2/c1-3-21(4-2)13-16-8-5-6-9-17(16)14-23-19(22)15-10-7-11-18(20)12-15/h5-12H,3-4,13-14H2,1-2H3. The van der Waals surface area contributed by atoms with Gasteiger partial charge in [-0.3, -0.25) is 4.90 Å². The summed E-state index contributed by atoms with van der Waals surface area (Å²) < 4.78 is 5.44. The molecule has 122 valence electrons. The van der Waals surface area contributed by atoms with Gasteiger partial charge in [-0.05, 0) is 42.4 Å². The minimum Gasteiger partial charge on any atom is -0.457 e. The van der Waals surface area contributed by atoms with Gasteiger partial charge in [-0.25, -0.2) is 4.79 Å². The molecule has 0 N–H and O–H groups in total. The van der Waals surface area contributed by atoms with E-state index in [1.54, 1.807) is 24.3 Å². The van der Waals surface area contributed by atoms with Crippen LogP contribution in [0.15, 0.2) is 48.5 Å². The fourth-order valence-electron chi connectivity index (χ4n) is 2.38. The Morgan fingerprint density at radius 1 is 1.04 bits per heavy atom. The number of nitrogens with zero attached hydrogens (tertiary/aromatic N) is 1. The zero-order chi connectivity index (χ0) is 16.7.